The first kappa shape index (κ1) is 20.9. The largest absolute Gasteiger partial charge is 0.497 e. The Hall–Kier alpha value is -4.33. The number of hydrogen-bond donors (Lipinski definition) is 1. The van der Waals surface area contributed by atoms with Crippen LogP contribution in [0, 0.1) is 0 Å². The molecule has 8 nitrogen and oxygen atoms in total. The summed E-state index contributed by atoms with van der Waals surface area (Å²) in [4.78, 5) is 12.6. The number of methoxy groups -OCH3 is 2. The summed E-state index contributed by atoms with van der Waals surface area (Å²) in [5.74, 6) is 1.50. The van der Waals surface area contributed by atoms with Crippen molar-refractivity contribution in [3.05, 3.63) is 83.9 Å². The van der Waals surface area contributed by atoms with Crippen LogP contribution in [0.3, 0.4) is 0 Å². The fraction of sp³-hybridized carbons (Fsp3) is 0.125. The van der Waals surface area contributed by atoms with Crippen molar-refractivity contribution < 1.29 is 23.4 Å². The van der Waals surface area contributed by atoms with Gasteiger partial charge in [-0.1, -0.05) is 35.4 Å². The molecule has 0 fully saturated rings. The van der Waals surface area contributed by atoms with E-state index in [2.05, 4.69) is 15.5 Å². The minimum absolute atomic E-state index is 0.0210. The van der Waals surface area contributed by atoms with Crippen LogP contribution >= 0.6 is 0 Å². The summed E-state index contributed by atoms with van der Waals surface area (Å²) in [7, 11) is 3.01. The summed E-state index contributed by atoms with van der Waals surface area (Å²) < 4.78 is 21.8. The van der Waals surface area contributed by atoms with Crippen molar-refractivity contribution >= 4 is 11.9 Å². The number of carbonyl (C=O) groups is 1. The van der Waals surface area contributed by atoms with Crippen LogP contribution in [0.5, 0.6) is 17.2 Å². The number of aromatic nitrogens is 2. The average molecular weight is 431 g/mol. The average Bonchev–Trinajstić information content (AvgIpc) is 3.31. The van der Waals surface area contributed by atoms with E-state index in [1.54, 1.807) is 18.2 Å². The molecule has 0 spiro atoms. The normalized spacial score (nSPS) is 10.4. The monoisotopic (exact) mass is 431 g/mol. The summed E-state index contributed by atoms with van der Waals surface area (Å²) in [5, 5.41) is 10.5. The zero-order chi connectivity index (χ0) is 22.3. The molecule has 4 rings (SSSR count). The van der Waals surface area contributed by atoms with E-state index in [9.17, 15) is 4.79 Å². The van der Waals surface area contributed by atoms with Crippen molar-refractivity contribution in [2.45, 2.75) is 6.61 Å². The predicted octanol–water partition coefficient (Wildman–Crippen LogP) is 4.59. The highest BCUT2D eigenvalue weighted by Gasteiger charge is 2.17. The number of ether oxygens (including phenoxy) is 3. The molecule has 0 atom stereocenters. The van der Waals surface area contributed by atoms with Crippen LogP contribution in [-0.2, 0) is 6.61 Å². The summed E-state index contributed by atoms with van der Waals surface area (Å²) in [6, 6.07) is 22.0. The van der Waals surface area contributed by atoms with Gasteiger partial charge in [0.15, 0.2) is 0 Å². The molecule has 0 radical (unpaired) electrons. The number of nitrogens with zero attached hydrogens (tertiary/aromatic N) is 2. The van der Waals surface area contributed by atoms with Crippen molar-refractivity contribution in [2.24, 2.45) is 0 Å². The molecule has 0 bridgehead atoms. The van der Waals surface area contributed by atoms with E-state index in [1.807, 2.05) is 54.6 Å². The van der Waals surface area contributed by atoms with E-state index in [-0.39, 0.29) is 11.9 Å². The molecular formula is C24H21N3O5. The second kappa shape index (κ2) is 9.65. The third-order valence-corrected chi connectivity index (χ3v) is 4.65. The van der Waals surface area contributed by atoms with E-state index in [0.29, 0.717) is 29.2 Å². The van der Waals surface area contributed by atoms with Gasteiger partial charge in [-0.3, -0.25) is 10.1 Å². The highest BCUT2D eigenvalue weighted by atomic mass is 16.5. The minimum Gasteiger partial charge on any atom is -0.497 e. The Balaban J connectivity index is 1.41. The maximum Gasteiger partial charge on any atom is 0.322 e. The van der Waals surface area contributed by atoms with Crippen LogP contribution in [-0.4, -0.2) is 30.3 Å². The van der Waals surface area contributed by atoms with Gasteiger partial charge in [0.1, 0.15) is 23.9 Å². The van der Waals surface area contributed by atoms with Crippen LogP contribution in [0.25, 0.3) is 11.5 Å². The summed E-state index contributed by atoms with van der Waals surface area (Å²) in [6.45, 7) is 0.478. The van der Waals surface area contributed by atoms with Gasteiger partial charge in [-0.2, -0.15) is 0 Å². The molecular weight excluding hydrogens is 410 g/mol. The predicted molar refractivity (Wildman–Crippen MR) is 118 cm³/mol. The first-order valence-corrected chi connectivity index (χ1v) is 9.80. The molecule has 1 N–H and O–H groups in total. The Bertz CT molecular complexity index is 1190. The van der Waals surface area contributed by atoms with Crippen molar-refractivity contribution in [3.63, 3.8) is 0 Å². The van der Waals surface area contributed by atoms with Crippen LogP contribution in [0.4, 0.5) is 6.01 Å². The SMILES string of the molecule is COc1ccc(C(=O)Nc2nnc(-c3ccc(OCc4ccccc4)cc3)o2)c(OC)c1. The highest BCUT2D eigenvalue weighted by Crippen LogP contribution is 2.26. The summed E-state index contributed by atoms with van der Waals surface area (Å²) >= 11 is 0. The number of carbonyl (C=O) groups excluding carboxylic acids is 1. The molecule has 0 saturated heterocycles. The third kappa shape index (κ3) is 4.86. The van der Waals surface area contributed by atoms with Gasteiger partial charge in [-0.15, -0.1) is 5.10 Å². The number of benzene rings is 3. The van der Waals surface area contributed by atoms with Crippen molar-refractivity contribution in [2.75, 3.05) is 19.5 Å². The smallest absolute Gasteiger partial charge is 0.322 e. The van der Waals surface area contributed by atoms with Gasteiger partial charge in [0.25, 0.3) is 5.91 Å². The van der Waals surface area contributed by atoms with Gasteiger partial charge < -0.3 is 18.6 Å². The van der Waals surface area contributed by atoms with Gasteiger partial charge in [-0.05, 0) is 42.0 Å². The maximum absolute atomic E-state index is 12.6. The molecule has 0 aliphatic rings. The Morgan fingerprint density at radius 1 is 0.906 bits per heavy atom. The lowest BCUT2D eigenvalue weighted by Crippen LogP contribution is -2.13. The second-order valence-corrected chi connectivity index (χ2v) is 6.73. The zero-order valence-corrected chi connectivity index (χ0v) is 17.6. The molecule has 32 heavy (non-hydrogen) atoms. The van der Waals surface area contributed by atoms with Crippen molar-refractivity contribution in [1.82, 2.24) is 10.2 Å². The van der Waals surface area contributed by atoms with Gasteiger partial charge in [0.05, 0.1) is 19.8 Å². The summed E-state index contributed by atoms with van der Waals surface area (Å²) in [5.41, 5.74) is 2.10. The Kier molecular flexibility index (Phi) is 6.31. The van der Waals surface area contributed by atoms with E-state index in [4.69, 9.17) is 18.6 Å². The maximum atomic E-state index is 12.6. The number of rotatable bonds is 8. The Labute approximate surface area is 184 Å². The molecule has 8 heteroatoms. The van der Waals surface area contributed by atoms with Crippen LogP contribution in [0.2, 0.25) is 0 Å². The minimum atomic E-state index is -0.440. The van der Waals surface area contributed by atoms with E-state index >= 15 is 0 Å². The van der Waals surface area contributed by atoms with Gasteiger partial charge >= 0.3 is 6.01 Å². The lowest BCUT2D eigenvalue weighted by molar-refractivity contribution is 0.102. The third-order valence-electron chi connectivity index (χ3n) is 4.65. The van der Waals surface area contributed by atoms with Crippen LogP contribution in [0.15, 0.2) is 77.2 Å². The number of hydrogen-bond acceptors (Lipinski definition) is 7. The molecule has 0 aliphatic carbocycles. The van der Waals surface area contributed by atoms with Gasteiger partial charge in [0, 0.05) is 11.6 Å². The van der Waals surface area contributed by atoms with Crippen molar-refractivity contribution in [1.29, 1.82) is 0 Å². The fourth-order valence-electron chi connectivity index (χ4n) is 2.98. The zero-order valence-electron chi connectivity index (χ0n) is 17.6. The van der Waals surface area contributed by atoms with Crippen molar-refractivity contribution in [3.8, 4) is 28.7 Å². The first-order chi connectivity index (χ1) is 15.7. The molecule has 1 aromatic heterocycles. The number of anilines is 1. The lowest BCUT2D eigenvalue weighted by atomic mass is 10.2. The summed E-state index contributed by atoms with van der Waals surface area (Å²) in [6.07, 6.45) is 0. The fourth-order valence-corrected chi connectivity index (χ4v) is 2.98. The molecule has 1 amide bonds. The van der Waals surface area contributed by atoms with E-state index in [0.717, 1.165) is 11.3 Å². The highest BCUT2D eigenvalue weighted by molar-refractivity contribution is 6.05. The lowest BCUT2D eigenvalue weighted by Gasteiger charge is -2.09. The molecule has 0 unspecified atom stereocenters. The second-order valence-electron chi connectivity index (χ2n) is 6.73. The van der Waals surface area contributed by atoms with Crippen LogP contribution < -0.4 is 19.5 Å². The molecule has 0 aliphatic heterocycles. The topological polar surface area (TPSA) is 95.7 Å². The molecule has 3 aromatic carbocycles. The van der Waals surface area contributed by atoms with Crippen LogP contribution in [0.1, 0.15) is 15.9 Å². The van der Waals surface area contributed by atoms with E-state index in [1.165, 1.54) is 14.2 Å². The Morgan fingerprint density at radius 3 is 2.38 bits per heavy atom. The quantitative estimate of drug-likeness (QED) is 0.436. The molecule has 0 saturated carbocycles. The number of nitrogens with one attached hydrogen (secondary N) is 1. The Morgan fingerprint density at radius 2 is 1.66 bits per heavy atom. The number of amides is 1. The molecule has 162 valence electrons. The van der Waals surface area contributed by atoms with Gasteiger partial charge in [-0.25, -0.2) is 0 Å². The van der Waals surface area contributed by atoms with Gasteiger partial charge in [0.2, 0.25) is 5.89 Å². The first-order valence-electron chi connectivity index (χ1n) is 9.80. The molecule has 4 aromatic rings. The van der Waals surface area contributed by atoms with E-state index < -0.39 is 5.91 Å². The molecule has 1 heterocycles. The standard InChI is InChI=1S/C24H21N3O5/c1-29-19-12-13-20(21(14-19)30-2)22(28)25-24-27-26-23(32-24)17-8-10-18(11-9-17)31-15-16-6-4-3-5-7-16/h3-14H,15H2,1-2H3,(H,25,27,28).